The minimum atomic E-state index is -0.685. The largest absolute Gasteiger partial charge is 0.259 e. The van der Waals surface area contributed by atoms with Crippen LogP contribution >= 0.6 is 0 Å². The first-order valence-electron chi connectivity index (χ1n) is 5.39. The summed E-state index contributed by atoms with van der Waals surface area (Å²) in [6.07, 6.45) is 6.50. The molecule has 0 aliphatic heterocycles. The van der Waals surface area contributed by atoms with E-state index in [1.54, 1.807) is 0 Å². The van der Waals surface area contributed by atoms with Crippen molar-refractivity contribution in [3.63, 3.8) is 0 Å². The Morgan fingerprint density at radius 2 is 1.86 bits per heavy atom. The Bertz CT molecular complexity index is 199. The minimum absolute atomic E-state index is 0.0538. The smallest absolute Gasteiger partial charge is 0.0375 e. The van der Waals surface area contributed by atoms with Gasteiger partial charge in [0.25, 0.3) is 0 Å². The van der Waals surface area contributed by atoms with Gasteiger partial charge in [-0.1, -0.05) is 26.0 Å². The highest BCUT2D eigenvalue weighted by Gasteiger charge is 2.17. The fraction of sp³-hybridized carbons (Fsp3) is 0.833. The lowest BCUT2D eigenvalue weighted by Crippen LogP contribution is -2.23. The fourth-order valence-corrected chi connectivity index (χ4v) is 2.05. The number of allylic oxidation sites excluding steroid dienone is 2. The monoisotopic (exact) mass is 216 g/mol. The third-order valence-corrected chi connectivity index (χ3v) is 3.93. The van der Waals surface area contributed by atoms with Crippen LogP contribution in [-0.4, -0.2) is 14.7 Å². The molecule has 1 atom stereocenters. The van der Waals surface area contributed by atoms with Crippen molar-refractivity contribution in [2.45, 2.75) is 52.2 Å². The van der Waals surface area contributed by atoms with Crippen molar-refractivity contribution in [3.05, 3.63) is 12.2 Å². The number of unbranched alkanes of at least 4 members (excludes halogenated alkanes) is 1. The van der Waals surface area contributed by atoms with E-state index in [4.69, 9.17) is 0 Å². The zero-order chi connectivity index (χ0) is 11.2. The molecule has 0 saturated heterocycles. The standard InChI is InChI=1S/C12H24OS/c1-11(2)9-7-6-8-10-14(13)12(3,4)5/h7,9,11H,6,8,10H2,1-5H3/b9-7-. The highest BCUT2D eigenvalue weighted by Crippen LogP contribution is 2.12. The molecule has 0 spiro atoms. The molecule has 1 nitrogen and oxygen atoms in total. The van der Waals surface area contributed by atoms with Gasteiger partial charge in [0.15, 0.2) is 0 Å². The normalized spacial score (nSPS) is 15.3. The average Bonchev–Trinajstić information content (AvgIpc) is 2.01. The van der Waals surface area contributed by atoms with Crippen molar-refractivity contribution in [1.29, 1.82) is 0 Å². The van der Waals surface area contributed by atoms with Crippen molar-refractivity contribution in [3.8, 4) is 0 Å². The lowest BCUT2D eigenvalue weighted by atomic mass is 10.2. The van der Waals surface area contributed by atoms with Gasteiger partial charge < -0.3 is 0 Å². The summed E-state index contributed by atoms with van der Waals surface area (Å²) in [5, 5.41) is 0. The second kappa shape index (κ2) is 6.39. The highest BCUT2D eigenvalue weighted by molar-refractivity contribution is 7.86. The van der Waals surface area contributed by atoms with Crippen LogP contribution < -0.4 is 0 Å². The second-order valence-corrected chi connectivity index (χ2v) is 7.30. The second-order valence-electron chi connectivity index (χ2n) is 4.98. The van der Waals surface area contributed by atoms with Gasteiger partial charge in [0.2, 0.25) is 0 Å². The van der Waals surface area contributed by atoms with Crippen LogP contribution in [-0.2, 0) is 10.8 Å². The van der Waals surface area contributed by atoms with E-state index < -0.39 is 10.8 Å². The van der Waals surface area contributed by atoms with Crippen LogP contribution in [0.15, 0.2) is 12.2 Å². The van der Waals surface area contributed by atoms with Gasteiger partial charge in [-0.3, -0.25) is 4.21 Å². The van der Waals surface area contributed by atoms with Gasteiger partial charge in [0, 0.05) is 21.3 Å². The molecule has 0 aromatic carbocycles. The third-order valence-electron chi connectivity index (χ3n) is 1.90. The molecule has 14 heavy (non-hydrogen) atoms. The molecule has 2 heteroatoms. The first-order chi connectivity index (χ1) is 6.34. The van der Waals surface area contributed by atoms with Crippen molar-refractivity contribution in [1.82, 2.24) is 0 Å². The van der Waals surface area contributed by atoms with Gasteiger partial charge in [-0.25, -0.2) is 0 Å². The van der Waals surface area contributed by atoms with Crippen LogP contribution in [0, 0.1) is 5.92 Å². The first-order valence-corrected chi connectivity index (χ1v) is 6.71. The van der Waals surface area contributed by atoms with Crippen molar-refractivity contribution in [2.24, 2.45) is 5.92 Å². The summed E-state index contributed by atoms with van der Waals surface area (Å²) in [4.78, 5) is 0. The lowest BCUT2D eigenvalue weighted by Gasteiger charge is -2.17. The Hall–Kier alpha value is -0.110. The molecule has 0 radical (unpaired) electrons. The van der Waals surface area contributed by atoms with E-state index in [1.807, 2.05) is 20.8 Å². The van der Waals surface area contributed by atoms with E-state index in [2.05, 4.69) is 26.0 Å². The first kappa shape index (κ1) is 13.9. The molecular weight excluding hydrogens is 192 g/mol. The minimum Gasteiger partial charge on any atom is -0.259 e. The van der Waals surface area contributed by atoms with Crippen molar-refractivity contribution >= 4 is 10.8 Å². The molecule has 0 aliphatic carbocycles. The van der Waals surface area contributed by atoms with Gasteiger partial charge >= 0.3 is 0 Å². The number of hydrogen-bond acceptors (Lipinski definition) is 1. The van der Waals surface area contributed by atoms with Crippen LogP contribution in [0.4, 0.5) is 0 Å². The SMILES string of the molecule is CC(C)/C=C\CCCS(=O)C(C)(C)C. The fourth-order valence-electron chi connectivity index (χ4n) is 1.01. The van der Waals surface area contributed by atoms with Crippen LogP contribution in [0.3, 0.4) is 0 Å². The molecule has 0 bridgehead atoms. The lowest BCUT2D eigenvalue weighted by molar-refractivity contribution is 0.646. The Labute approximate surface area is 91.4 Å². The zero-order valence-electron chi connectivity index (χ0n) is 10.2. The van der Waals surface area contributed by atoms with Crippen molar-refractivity contribution in [2.75, 3.05) is 5.75 Å². The van der Waals surface area contributed by atoms with E-state index in [-0.39, 0.29) is 4.75 Å². The van der Waals surface area contributed by atoms with Crippen LogP contribution in [0.2, 0.25) is 0 Å². The molecule has 1 unspecified atom stereocenters. The zero-order valence-corrected chi connectivity index (χ0v) is 11.0. The van der Waals surface area contributed by atoms with Gasteiger partial charge in [-0.15, -0.1) is 0 Å². The van der Waals surface area contributed by atoms with Gasteiger partial charge in [0.1, 0.15) is 0 Å². The summed E-state index contributed by atoms with van der Waals surface area (Å²) in [6, 6.07) is 0. The van der Waals surface area contributed by atoms with E-state index in [9.17, 15) is 4.21 Å². The van der Waals surface area contributed by atoms with Gasteiger partial charge in [-0.2, -0.15) is 0 Å². The summed E-state index contributed by atoms with van der Waals surface area (Å²) in [7, 11) is -0.685. The van der Waals surface area contributed by atoms with Crippen LogP contribution in [0.5, 0.6) is 0 Å². The van der Waals surface area contributed by atoms with E-state index in [1.165, 1.54) is 0 Å². The molecule has 0 amide bonds. The topological polar surface area (TPSA) is 17.1 Å². The maximum absolute atomic E-state index is 11.6. The Balaban J connectivity index is 3.61. The highest BCUT2D eigenvalue weighted by atomic mass is 32.2. The summed E-state index contributed by atoms with van der Waals surface area (Å²) in [5.41, 5.74) is 0. The van der Waals surface area contributed by atoms with E-state index >= 15 is 0 Å². The third kappa shape index (κ3) is 7.31. The molecule has 0 aromatic rings. The van der Waals surface area contributed by atoms with Gasteiger partial charge in [-0.05, 0) is 39.5 Å². The molecule has 0 heterocycles. The molecule has 0 aliphatic rings. The molecule has 0 fully saturated rings. The number of rotatable bonds is 5. The Morgan fingerprint density at radius 3 is 2.29 bits per heavy atom. The Morgan fingerprint density at radius 1 is 1.29 bits per heavy atom. The van der Waals surface area contributed by atoms with Crippen LogP contribution in [0.25, 0.3) is 0 Å². The molecule has 84 valence electrons. The molecular formula is C12H24OS. The number of hydrogen-bond donors (Lipinski definition) is 0. The predicted octanol–water partition coefficient (Wildman–Crippen LogP) is 3.53. The van der Waals surface area contributed by atoms with E-state index in [0.717, 1.165) is 18.6 Å². The van der Waals surface area contributed by atoms with E-state index in [0.29, 0.717) is 5.92 Å². The average molecular weight is 216 g/mol. The summed E-state index contributed by atoms with van der Waals surface area (Å²) >= 11 is 0. The van der Waals surface area contributed by atoms with Crippen LogP contribution in [0.1, 0.15) is 47.5 Å². The predicted molar refractivity (Wildman–Crippen MR) is 66.0 cm³/mol. The molecule has 0 aromatic heterocycles. The quantitative estimate of drug-likeness (QED) is 0.507. The summed E-state index contributed by atoms with van der Waals surface area (Å²) < 4.78 is 11.6. The molecule has 0 rings (SSSR count). The molecule has 0 N–H and O–H groups in total. The van der Waals surface area contributed by atoms with Crippen molar-refractivity contribution < 1.29 is 4.21 Å². The summed E-state index contributed by atoms with van der Waals surface area (Å²) in [6.45, 7) is 10.4. The maximum Gasteiger partial charge on any atom is 0.0375 e. The molecule has 0 saturated carbocycles. The van der Waals surface area contributed by atoms with Gasteiger partial charge in [0.05, 0.1) is 0 Å². The Kier molecular flexibility index (Phi) is 6.34. The maximum atomic E-state index is 11.6. The summed E-state index contributed by atoms with van der Waals surface area (Å²) in [5.74, 6) is 1.45.